The number of hydrogen-bond acceptors (Lipinski definition) is 3. The maximum Gasteiger partial charge on any atom is 0.191 e. The molecule has 1 N–H and O–H groups in total. The van der Waals surface area contributed by atoms with E-state index in [1.54, 1.807) is 12.1 Å². The van der Waals surface area contributed by atoms with Gasteiger partial charge in [-0.1, -0.05) is 54.1 Å². The van der Waals surface area contributed by atoms with E-state index < -0.39 is 0 Å². The van der Waals surface area contributed by atoms with Gasteiger partial charge >= 0.3 is 0 Å². The van der Waals surface area contributed by atoms with Gasteiger partial charge in [0, 0.05) is 6.04 Å². The summed E-state index contributed by atoms with van der Waals surface area (Å²) in [5.74, 6) is 0.125. The first-order chi connectivity index (χ1) is 9.24. The highest BCUT2D eigenvalue weighted by Gasteiger charge is 2.40. The number of carbonyl (C=O) groups is 1. The third-order valence-electron chi connectivity index (χ3n) is 3.02. The highest BCUT2D eigenvalue weighted by molar-refractivity contribution is 7.18. The van der Waals surface area contributed by atoms with Crippen LogP contribution in [0.1, 0.15) is 15.2 Å². The van der Waals surface area contributed by atoms with Crippen LogP contribution in [0.2, 0.25) is 4.34 Å². The van der Waals surface area contributed by atoms with E-state index >= 15 is 0 Å². The molecule has 0 amide bonds. The minimum absolute atomic E-state index is 0.102. The summed E-state index contributed by atoms with van der Waals surface area (Å²) in [7, 11) is 0. The Labute approximate surface area is 120 Å². The summed E-state index contributed by atoms with van der Waals surface area (Å²) in [5.41, 5.74) is 1.14. The molecule has 1 aliphatic heterocycles. The summed E-state index contributed by atoms with van der Waals surface area (Å²) < 4.78 is 0.653. The van der Waals surface area contributed by atoms with E-state index in [1.165, 1.54) is 11.3 Å². The molecular formula is C15H12ClNOS. The van der Waals surface area contributed by atoms with Crippen molar-refractivity contribution in [1.82, 2.24) is 5.32 Å². The van der Waals surface area contributed by atoms with Crippen molar-refractivity contribution >= 4 is 34.8 Å². The second kappa shape index (κ2) is 5.29. The molecule has 3 rings (SSSR count). The van der Waals surface area contributed by atoms with Gasteiger partial charge in [-0.05, 0) is 17.7 Å². The van der Waals surface area contributed by atoms with Crippen molar-refractivity contribution in [2.75, 3.05) is 0 Å². The monoisotopic (exact) mass is 289 g/mol. The fourth-order valence-electron chi connectivity index (χ4n) is 1.94. The lowest BCUT2D eigenvalue weighted by molar-refractivity contribution is 0.0993. The predicted octanol–water partition coefficient (Wildman–Crippen LogP) is 3.64. The van der Waals surface area contributed by atoms with Gasteiger partial charge in [-0.25, -0.2) is 0 Å². The molecule has 2 nitrogen and oxygen atoms in total. The van der Waals surface area contributed by atoms with Crippen LogP contribution < -0.4 is 5.32 Å². The molecule has 96 valence electrons. The predicted molar refractivity (Wildman–Crippen MR) is 79.8 cm³/mol. The van der Waals surface area contributed by atoms with E-state index in [9.17, 15) is 4.79 Å². The molecule has 0 aliphatic carbocycles. The number of Topliss-reactive ketones (excluding diaryl/α,β-unsaturated/α-hetero) is 1. The third kappa shape index (κ3) is 2.95. The zero-order valence-electron chi connectivity index (χ0n) is 10.0. The van der Waals surface area contributed by atoms with Crippen LogP contribution in [0.5, 0.6) is 0 Å². The number of halogens is 1. The summed E-state index contributed by atoms with van der Waals surface area (Å²) in [6.45, 7) is 0. The molecular weight excluding hydrogens is 278 g/mol. The van der Waals surface area contributed by atoms with E-state index in [0.717, 1.165) is 10.4 Å². The quantitative estimate of drug-likeness (QED) is 0.689. The summed E-state index contributed by atoms with van der Waals surface area (Å²) in [6.07, 6.45) is 4.07. The minimum atomic E-state index is -0.102. The molecule has 0 saturated carbocycles. The number of ketones is 1. The summed E-state index contributed by atoms with van der Waals surface area (Å²) in [5, 5.41) is 3.17. The van der Waals surface area contributed by atoms with Crippen LogP contribution in [-0.4, -0.2) is 17.9 Å². The fraction of sp³-hybridized carbons (Fsp3) is 0.133. The molecule has 2 atom stereocenters. The number of rotatable bonds is 4. The van der Waals surface area contributed by atoms with Crippen molar-refractivity contribution in [1.29, 1.82) is 0 Å². The second-order valence-electron chi connectivity index (χ2n) is 4.41. The largest absolute Gasteiger partial charge is 0.297 e. The molecule has 1 aromatic heterocycles. The zero-order chi connectivity index (χ0) is 13.2. The first kappa shape index (κ1) is 12.6. The van der Waals surface area contributed by atoms with Gasteiger partial charge in [-0.15, -0.1) is 11.3 Å². The smallest absolute Gasteiger partial charge is 0.191 e. The van der Waals surface area contributed by atoms with Gasteiger partial charge in [0.15, 0.2) is 5.78 Å². The normalized spacial score (nSPS) is 21.7. The Bertz CT molecular complexity index is 620. The van der Waals surface area contributed by atoms with Gasteiger partial charge in [0.2, 0.25) is 0 Å². The highest BCUT2D eigenvalue weighted by Crippen LogP contribution is 2.26. The van der Waals surface area contributed by atoms with Crippen molar-refractivity contribution in [2.45, 2.75) is 12.1 Å². The van der Waals surface area contributed by atoms with Gasteiger partial charge in [-0.2, -0.15) is 0 Å². The van der Waals surface area contributed by atoms with Crippen molar-refractivity contribution in [3.63, 3.8) is 0 Å². The molecule has 0 radical (unpaired) electrons. The zero-order valence-corrected chi connectivity index (χ0v) is 11.6. The maximum atomic E-state index is 12.1. The van der Waals surface area contributed by atoms with Crippen LogP contribution in [-0.2, 0) is 0 Å². The van der Waals surface area contributed by atoms with Crippen molar-refractivity contribution in [2.24, 2.45) is 0 Å². The Morgan fingerprint density at radius 3 is 2.68 bits per heavy atom. The van der Waals surface area contributed by atoms with Gasteiger partial charge < -0.3 is 0 Å². The van der Waals surface area contributed by atoms with Crippen molar-refractivity contribution in [3.8, 4) is 0 Å². The molecule has 0 bridgehead atoms. The molecule has 0 unspecified atom stereocenters. The van der Waals surface area contributed by atoms with E-state index in [-0.39, 0.29) is 17.9 Å². The van der Waals surface area contributed by atoms with E-state index in [0.29, 0.717) is 4.34 Å². The maximum absolute atomic E-state index is 12.1. The van der Waals surface area contributed by atoms with Gasteiger partial charge in [0.05, 0.1) is 15.3 Å². The van der Waals surface area contributed by atoms with Gasteiger partial charge in [0.1, 0.15) is 0 Å². The number of nitrogens with one attached hydrogen (secondary N) is 1. The average Bonchev–Trinajstić information content (AvgIpc) is 3.09. The Hall–Kier alpha value is -1.42. The van der Waals surface area contributed by atoms with Gasteiger partial charge in [0.25, 0.3) is 0 Å². The number of hydrogen-bond donors (Lipinski definition) is 1. The fourth-order valence-corrected chi connectivity index (χ4v) is 2.96. The van der Waals surface area contributed by atoms with Gasteiger partial charge in [-0.3, -0.25) is 10.1 Å². The summed E-state index contributed by atoms with van der Waals surface area (Å²) >= 11 is 7.17. The lowest BCUT2D eigenvalue weighted by Crippen LogP contribution is -2.08. The number of carbonyl (C=O) groups excluding carboxylic acids is 1. The average molecular weight is 290 g/mol. The van der Waals surface area contributed by atoms with Crippen LogP contribution in [0, 0.1) is 0 Å². The Kier molecular flexibility index (Phi) is 3.51. The first-order valence-electron chi connectivity index (χ1n) is 6.03. The molecule has 1 aliphatic rings. The minimum Gasteiger partial charge on any atom is -0.297 e. The van der Waals surface area contributed by atoms with Crippen LogP contribution in [0.4, 0.5) is 0 Å². The lowest BCUT2D eigenvalue weighted by Gasteiger charge is -1.92. The molecule has 19 heavy (non-hydrogen) atoms. The Morgan fingerprint density at radius 1 is 1.21 bits per heavy atom. The molecule has 1 fully saturated rings. The first-order valence-corrected chi connectivity index (χ1v) is 7.22. The third-order valence-corrected chi connectivity index (χ3v) is 4.26. The van der Waals surface area contributed by atoms with Crippen LogP contribution >= 0.6 is 22.9 Å². The van der Waals surface area contributed by atoms with Crippen LogP contribution in [0.3, 0.4) is 0 Å². The summed E-state index contributed by atoms with van der Waals surface area (Å²) in [4.78, 5) is 12.8. The molecule has 4 heteroatoms. The second-order valence-corrected chi connectivity index (χ2v) is 6.12. The topological polar surface area (TPSA) is 39.0 Å². The Balaban J connectivity index is 1.62. The standard InChI is InChI=1S/C15H12ClNOS/c16-13-9-8-12(19-13)15(18)14-11(17-14)7-6-10-4-2-1-3-5-10/h1-9,11,14,17H/b7-6+/t11-,14+/m1/s1. The number of benzene rings is 1. The molecule has 2 aromatic rings. The molecule has 2 heterocycles. The Morgan fingerprint density at radius 2 is 2.00 bits per heavy atom. The molecule has 0 spiro atoms. The molecule has 1 aromatic carbocycles. The van der Waals surface area contributed by atoms with E-state index in [1.807, 2.05) is 42.5 Å². The number of thiophene rings is 1. The summed E-state index contributed by atoms with van der Waals surface area (Å²) in [6, 6.07) is 13.6. The van der Waals surface area contributed by atoms with Crippen molar-refractivity contribution in [3.05, 3.63) is 63.3 Å². The molecule has 1 saturated heterocycles. The van der Waals surface area contributed by atoms with Crippen LogP contribution in [0.15, 0.2) is 48.5 Å². The van der Waals surface area contributed by atoms with Crippen molar-refractivity contribution < 1.29 is 4.79 Å². The van der Waals surface area contributed by atoms with E-state index in [2.05, 4.69) is 5.32 Å². The van der Waals surface area contributed by atoms with Crippen LogP contribution in [0.25, 0.3) is 6.08 Å². The SMILES string of the molecule is O=C(c1ccc(Cl)s1)[C@H]1N[C@@H]1/C=C/c1ccccc1. The lowest BCUT2D eigenvalue weighted by atomic mass is 10.1. The van der Waals surface area contributed by atoms with E-state index in [4.69, 9.17) is 11.6 Å². The highest BCUT2D eigenvalue weighted by atomic mass is 35.5.